The average Bonchev–Trinajstić information content (AvgIpc) is 2.73. The van der Waals surface area contributed by atoms with Crippen LogP contribution in [0.1, 0.15) is 37.0 Å². The van der Waals surface area contributed by atoms with E-state index in [1.165, 1.54) is 7.11 Å². The second-order valence-corrected chi connectivity index (χ2v) is 5.00. The standard InChI is InChI=1S/C13H16N2O2/c1-13(2,3)10-8-14-11(12(16)17-4)9-6-5-7-15(9)10/h5-8H,1-4H3. The maximum Gasteiger partial charge on any atom is 0.358 e. The van der Waals surface area contributed by atoms with Crippen LogP contribution < -0.4 is 0 Å². The van der Waals surface area contributed by atoms with Crippen LogP contribution in [0.15, 0.2) is 24.5 Å². The molecule has 4 nitrogen and oxygen atoms in total. The van der Waals surface area contributed by atoms with Gasteiger partial charge in [-0.3, -0.25) is 0 Å². The van der Waals surface area contributed by atoms with Crippen LogP contribution in [-0.2, 0) is 10.2 Å². The molecule has 0 aliphatic carbocycles. The fraction of sp³-hybridized carbons (Fsp3) is 0.385. The predicted molar refractivity (Wildman–Crippen MR) is 65.2 cm³/mol. The van der Waals surface area contributed by atoms with Crippen molar-refractivity contribution in [3.63, 3.8) is 0 Å². The number of carbonyl (C=O) groups excluding carboxylic acids is 1. The Balaban J connectivity index is 2.71. The molecule has 0 fully saturated rings. The van der Waals surface area contributed by atoms with E-state index in [2.05, 4.69) is 25.8 Å². The molecule has 2 aromatic rings. The van der Waals surface area contributed by atoms with Gasteiger partial charge < -0.3 is 9.14 Å². The van der Waals surface area contributed by atoms with Crippen molar-refractivity contribution in [3.8, 4) is 0 Å². The van der Waals surface area contributed by atoms with Crippen molar-refractivity contribution in [2.75, 3.05) is 7.11 Å². The summed E-state index contributed by atoms with van der Waals surface area (Å²) in [7, 11) is 1.36. The summed E-state index contributed by atoms with van der Waals surface area (Å²) in [5, 5.41) is 0. The van der Waals surface area contributed by atoms with Gasteiger partial charge in [0.2, 0.25) is 0 Å². The molecule has 0 N–H and O–H groups in total. The van der Waals surface area contributed by atoms with E-state index in [1.807, 2.05) is 22.7 Å². The molecule has 0 amide bonds. The van der Waals surface area contributed by atoms with Gasteiger partial charge in [-0.25, -0.2) is 9.78 Å². The van der Waals surface area contributed by atoms with E-state index < -0.39 is 5.97 Å². The third-order valence-corrected chi connectivity index (χ3v) is 2.71. The Kier molecular flexibility index (Phi) is 2.65. The third kappa shape index (κ3) is 1.90. The summed E-state index contributed by atoms with van der Waals surface area (Å²) in [5.74, 6) is -0.408. The van der Waals surface area contributed by atoms with Gasteiger partial charge in [-0.2, -0.15) is 0 Å². The number of nitrogens with zero attached hydrogens (tertiary/aromatic N) is 2. The Morgan fingerprint density at radius 1 is 1.41 bits per heavy atom. The quantitative estimate of drug-likeness (QED) is 0.709. The van der Waals surface area contributed by atoms with Crippen molar-refractivity contribution < 1.29 is 9.53 Å². The van der Waals surface area contributed by atoms with Gasteiger partial charge in [0.1, 0.15) is 0 Å². The van der Waals surface area contributed by atoms with Crippen LogP contribution in [0, 0.1) is 0 Å². The lowest BCUT2D eigenvalue weighted by Crippen LogP contribution is -2.18. The fourth-order valence-corrected chi connectivity index (χ4v) is 1.85. The highest BCUT2D eigenvalue weighted by atomic mass is 16.5. The molecule has 0 bridgehead atoms. The molecule has 17 heavy (non-hydrogen) atoms. The highest BCUT2D eigenvalue weighted by Crippen LogP contribution is 2.24. The van der Waals surface area contributed by atoms with Crippen LogP contribution in [0.25, 0.3) is 5.52 Å². The lowest BCUT2D eigenvalue weighted by Gasteiger charge is -2.21. The minimum Gasteiger partial charge on any atom is -0.464 e. The van der Waals surface area contributed by atoms with Gasteiger partial charge in [-0.05, 0) is 12.1 Å². The predicted octanol–water partition coefficient (Wildman–Crippen LogP) is 2.42. The summed E-state index contributed by atoms with van der Waals surface area (Å²) in [5.41, 5.74) is 2.17. The molecular weight excluding hydrogens is 216 g/mol. The highest BCUT2D eigenvalue weighted by molar-refractivity contribution is 5.94. The minimum atomic E-state index is -0.408. The molecule has 4 heteroatoms. The summed E-state index contributed by atoms with van der Waals surface area (Å²) < 4.78 is 6.71. The molecule has 2 rings (SSSR count). The van der Waals surface area contributed by atoms with Gasteiger partial charge in [0.05, 0.1) is 12.6 Å². The van der Waals surface area contributed by atoms with E-state index >= 15 is 0 Å². The van der Waals surface area contributed by atoms with Gasteiger partial charge in [0, 0.05) is 23.5 Å². The summed E-state index contributed by atoms with van der Waals surface area (Å²) in [4.78, 5) is 15.8. The van der Waals surface area contributed by atoms with Crippen molar-refractivity contribution in [1.29, 1.82) is 0 Å². The number of methoxy groups -OCH3 is 1. The molecule has 2 aromatic heterocycles. The molecule has 0 radical (unpaired) electrons. The van der Waals surface area contributed by atoms with E-state index in [0.717, 1.165) is 11.2 Å². The summed E-state index contributed by atoms with van der Waals surface area (Å²) in [6.07, 6.45) is 3.67. The topological polar surface area (TPSA) is 43.6 Å². The zero-order valence-electron chi connectivity index (χ0n) is 10.5. The van der Waals surface area contributed by atoms with Gasteiger partial charge >= 0.3 is 5.97 Å². The molecule has 0 saturated carbocycles. The Morgan fingerprint density at radius 2 is 2.12 bits per heavy atom. The molecule has 0 atom stereocenters. The molecule has 0 aliphatic rings. The summed E-state index contributed by atoms with van der Waals surface area (Å²) >= 11 is 0. The highest BCUT2D eigenvalue weighted by Gasteiger charge is 2.21. The number of carbonyl (C=O) groups is 1. The lowest BCUT2D eigenvalue weighted by molar-refractivity contribution is 0.0596. The first-order valence-corrected chi connectivity index (χ1v) is 5.50. The molecule has 0 aliphatic heterocycles. The monoisotopic (exact) mass is 232 g/mol. The second kappa shape index (κ2) is 3.87. The Bertz CT molecular complexity index is 564. The smallest absolute Gasteiger partial charge is 0.358 e. The maximum atomic E-state index is 11.6. The van der Waals surface area contributed by atoms with Crippen LogP contribution in [0.2, 0.25) is 0 Å². The summed E-state index contributed by atoms with van der Waals surface area (Å²) in [6.45, 7) is 6.34. The molecule has 90 valence electrons. The molecule has 0 unspecified atom stereocenters. The number of rotatable bonds is 1. The van der Waals surface area contributed by atoms with Crippen molar-refractivity contribution in [2.45, 2.75) is 26.2 Å². The Morgan fingerprint density at radius 3 is 2.71 bits per heavy atom. The third-order valence-electron chi connectivity index (χ3n) is 2.71. The van der Waals surface area contributed by atoms with E-state index in [0.29, 0.717) is 5.69 Å². The number of ether oxygens (including phenoxy) is 1. The molecular formula is C13H16N2O2. The van der Waals surface area contributed by atoms with Gasteiger partial charge in [-0.1, -0.05) is 20.8 Å². The lowest BCUT2D eigenvalue weighted by atomic mass is 9.92. The first-order chi connectivity index (χ1) is 7.95. The van der Waals surface area contributed by atoms with Crippen molar-refractivity contribution in [2.24, 2.45) is 0 Å². The second-order valence-electron chi connectivity index (χ2n) is 5.00. The number of hydrogen-bond donors (Lipinski definition) is 0. The molecule has 0 saturated heterocycles. The van der Waals surface area contributed by atoms with Crippen molar-refractivity contribution in [1.82, 2.24) is 9.38 Å². The van der Waals surface area contributed by atoms with E-state index in [4.69, 9.17) is 4.74 Å². The zero-order valence-corrected chi connectivity index (χ0v) is 10.5. The Labute approximate surface area is 100 Å². The zero-order chi connectivity index (χ0) is 12.6. The molecule has 2 heterocycles. The largest absolute Gasteiger partial charge is 0.464 e. The van der Waals surface area contributed by atoms with Crippen LogP contribution in [0.4, 0.5) is 0 Å². The summed E-state index contributed by atoms with van der Waals surface area (Å²) in [6, 6.07) is 3.77. The number of esters is 1. The van der Waals surface area contributed by atoms with Crippen LogP contribution in [0.5, 0.6) is 0 Å². The normalized spacial score (nSPS) is 11.8. The SMILES string of the molecule is COC(=O)c1ncc(C(C)(C)C)n2cccc12. The van der Waals surface area contributed by atoms with Gasteiger partial charge in [0.15, 0.2) is 5.69 Å². The maximum absolute atomic E-state index is 11.6. The van der Waals surface area contributed by atoms with E-state index in [-0.39, 0.29) is 5.41 Å². The number of hydrogen-bond acceptors (Lipinski definition) is 3. The Hall–Kier alpha value is -1.84. The van der Waals surface area contributed by atoms with Crippen LogP contribution >= 0.6 is 0 Å². The fourth-order valence-electron chi connectivity index (χ4n) is 1.85. The van der Waals surface area contributed by atoms with Crippen LogP contribution in [0.3, 0.4) is 0 Å². The van der Waals surface area contributed by atoms with E-state index in [9.17, 15) is 4.79 Å². The first-order valence-electron chi connectivity index (χ1n) is 5.50. The van der Waals surface area contributed by atoms with Gasteiger partial charge in [0.25, 0.3) is 0 Å². The van der Waals surface area contributed by atoms with Crippen molar-refractivity contribution in [3.05, 3.63) is 35.9 Å². The van der Waals surface area contributed by atoms with E-state index in [1.54, 1.807) is 6.20 Å². The number of fused-ring (bicyclic) bond motifs is 1. The molecule has 0 spiro atoms. The van der Waals surface area contributed by atoms with Gasteiger partial charge in [-0.15, -0.1) is 0 Å². The van der Waals surface area contributed by atoms with Crippen LogP contribution in [-0.4, -0.2) is 22.5 Å². The molecule has 0 aromatic carbocycles. The average molecular weight is 232 g/mol. The minimum absolute atomic E-state index is 0.0288. The van der Waals surface area contributed by atoms with Crippen molar-refractivity contribution >= 4 is 11.5 Å². The number of aromatic nitrogens is 2. The first kappa shape index (κ1) is 11.6.